The number of carbonyl (C=O) groups excluding carboxylic acids is 1. The number of carbonyl (C=O) groups is 1. The van der Waals surface area contributed by atoms with Gasteiger partial charge < -0.3 is 15.0 Å². The van der Waals surface area contributed by atoms with Gasteiger partial charge in [0.25, 0.3) is 5.91 Å². The predicted molar refractivity (Wildman–Crippen MR) is 119 cm³/mol. The molecule has 2 aromatic rings. The van der Waals surface area contributed by atoms with Crippen molar-refractivity contribution >= 4 is 27.3 Å². The van der Waals surface area contributed by atoms with Crippen LogP contribution in [0.25, 0.3) is 0 Å². The Labute approximate surface area is 178 Å². The van der Waals surface area contributed by atoms with Crippen LogP contribution in [-0.2, 0) is 10.0 Å². The molecule has 7 nitrogen and oxygen atoms in total. The number of anilines is 2. The number of para-hydroxylation sites is 2. The monoisotopic (exact) mass is 431 g/mol. The second-order valence-electron chi connectivity index (χ2n) is 7.16. The van der Waals surface area contributed by atoms with Crippen molar-refractivity contribution in [3.8, 4) is 5.75 Å². The maximum absolute atomic E-state index is 13.0. The van der Waals surface area contributed by atoms with Crippen molar-refractivity contribution in [1.82, 2.24) is 4.72 Å². The number of rotatable bonds is 9. The maximum atomic E-state index is 13.0. The topological polar surface area (TPSA) is 87.7 Å². The average Bonchev–Trinajstić information content (AvgIpc) is 3.28. The van der Waals surface area contributed by atoms with E-state index in [1.54, 1.807) is 30.3 Å². The number of nitrogens with zero attached hydrogens (tertiary/aromatic N) is 1. The molecule has 162 valence electrons. The molecule has 2 N–H and O–H groups in total. The first-order valence-corrected chi connectivity index (χ1v) is 11.9. The Morgan fingerprint density at radius 2 is 1.83 bits per heavy atom. The van der Waals surface area contributed by atoms with Crippen LogP contribution in [0.15, 0.2) is 47.4 Å². The molecule has 0 unspecified atom stereocenters. The van der Waals surface area contributed by atoms with Crippen molar-refractivity contribution in [2.45, 2.75) is 38.0 Å². The highest BCUT2D eigenvalue weighted by atomic mass is 32.2. The Balaban J connectivity index is 1.94. The zero-order valence-electron chi connectivity index (χ0n) is 17.5. The number of sulfonamides is 1. The van der Waals surface area contributed by atoms with E-state index in [4.69, 9.17) is 4.74 Å². The molecule has 3 rings (SSSR count). The minimum atomic E-state index is -3.73. The third kappa shape index (κ3) is 5.12. The number of ether oxygens (including phenoxy) is 1. The molecule has 1 fully saturated rings. The first-order chi connectivity index (χ1) is 14.5. The Morgan fingerprint density at radius 3 is 2.53 bits per heavy atom. The fourth-order valence-corrected chi connectivity index (χ4v) is 4.83. The van der Waals surface area contributed by atoms with Crippen molar-refractivity contribution in [3.63, 3.8) is 0 Å². The molecule has 0 atom stereocenters. The predicted octanol–water partition coefficient (Wildman–Crippen LogP) is 3.63. The van der Waals surface area contributed by atoms with Gasteiger partial charge in [0.1, 0.15) is 10.6 Å². The summed E-state index contributed by atoms with van der Waals surface area (Å²) in [6, 6.07) is 12.0. The number of hydrogen-bond donors (Lipinski definition) is 2. The quantitative estimate of drug-likeness (QED) is 0.633. The molecule has 1 aliphatic heterocycles. The summed E-state index contributed by atoms with van der Waals surface area (Å²) in [5.41, 5.74) is 1.46. The van der Waals surface area contributed by atoms with E-state index in [2.05, 4.69) is 14.9 Å². The SMILES string of the molecule is CCCNS(=O)(=O)c1cc(C(=O)Nc2ccccc2OCC)ccc1N1CCCC1. The lowest BCUT2D eigenvalue weighted by Gasteiger charge is -2.22. The van der Waals surface area contributed by atoms with Gasteiger partial charge in [0.05, 0.1) is 18.0 Å². The first kappa shape index (κ1) is 22.1. The highest BCUT2D eigenvalue weighted by molar-refractivity contribution is 7.89. The molecule has 1 saturated heterocycles. The number of hydrogen-bond acceptors (Lipinski definition) is 5. The molecule has 0 spiro atoms. The Bertz CT molecular complexity index is 986. The molecule has 0 saturated carbocycles. The van der Waals surface area contributed by atoms with Crippen LogP contribution < -0.4 is 19.7 Å². The van der Waals surface area contributed by atoms with Crippen LogP contribution in [0, 0.1) is 0 Å². The van der Waals surface area contributed by atoms with E-state index in [1.165, 1.54) is 6.07 Å². The fraction of sp³-hybridized carbons (Fsp3) is 0.409. The summed E-state index contributed by atoms with van der Waals surface area (Å²) in [7, 11) is -3.73. The van der Waals surface area contributed by atoms with E-state index in [0.717, 1.165) is 25.9 Å². The van der Waals surface area contributed by atoms with Gasteiger partial charge in [0.2, 0.25) is 10.0 Å². The molecule has 0 bridgehead atoms. The van der Waals surface area contributed by atoms with Crippen LogP contribution in [-0.4, -0.2) is 40.6 Å². The number of benzene rings is 2. The average molecular weight is 432 g/mol. The Kier molecular flexibility index (Phi) is 7.33. The maximum Gasteiger partial charge on any atom is 0.255 e. The van der Waals surface area contributed by atoms with Gasteiger partial charge in [-0.15, -0.1) is 0 Å². The lowest BCUT2D eigenvalue weighted by Crippen LogP contribution is -2.28. The van der Waals surface area contributed by atoms with Gasteiger partial charge in [-0.1, -0.05) is 19.1 Å². The lowest BCUT2D eigenvalue weighted by atomic mass is 10.1. The van der Waals surface area contributed by atoms with Crippen LogP contribution >= 0.6 is 0 Å². The zero-order chi connectivity index (χ0) is 21.6. The van der Waals surface area contributed by atoms with Gasteiger partial charge in [-0.3, -0.25) is 4.79 Å². The van der Waals surface area contributed by atoms with E-state index in [0.29, 0.717) is 36.7 Å². The van der Waals surface area contributed by atoms with Crippen LogP contribution in [0.5, 0.6) is 5.75 Å². The van der Waals surface area contributed by atoms with E-state index >= 15 is 0 Å². The summed E-state index contributed by atoms with van der Waals surface area (Å²) in [6.45, 7) is 6.22. The van der Waals surface area contributed by atoms with E-state index in [1.807, 2.05) is 19.9 Å². The molecule has 1 amide bonds. The summed E-state index contributed by atoms with van der Waals surface area (Å²) in [6.07, 6.45) is 2.74. The summed E-state index contributed by atoms with van der Waals surface area (Å²) in [4.78, 5) is 15.1. The summed E-state index contributed by atoms with van der Waals surface area (Å²) < 4.78 is 34.1. The minimum Gasteiger partial charge on any atom is -0.492 e. The highest BCUT2D eigenvalue weighted by Crippen LogP contribution is 2.30. The molecule has 0 aliphatic carbocycles. The third-order valence-corrected chi connectivity index (χ3v) is 6.43. The molecule has 30 heavy (non-hydrogen) atoms. The van der Waals surface area contributed by atoms with Gasteiger partial charge in [0.15, 0.2) is 0 Å². The summed E-state index contributed by atoms with van der Waals surface area (Å²) in [5.74, 6) is 0.182. The van der Waals surface area contributed by atoms with Crippen molar-refractivity contribution in [2.75, 3.05) is 36.5 Å². The van der Waals surface area contributed by atoms with Crippen molar-refractivity contribution in [2.24, 2.45) is 0 Å². The highest BCUT2D eigenvalue weighted by Gasteiger charge is 2.25. The normalized spacial score (nSPS) is 14.0. The van der Waals surface area contributed by atoms with E-state index < -0.39 is 10.0 Å². The lowest BCUT2D eigenvalue weighted by molar-refractivity contribution is 0.102. The van der Waals surface area contributed by atoms with E-state index in [-0.39, 0.29) is 16.4 Å². The first-order valence-electron chi connectivity index (χ1n) is 10.4. The van der Waals surface area contributed by atoms with Crippen molar-refractivity contribution < 1.29 is 17.9 Å². The summed E-state index contributed by atoms with van der Waals surface area (Å²) >= 11 is 0. The molecule has 8 heteroatoms. The zero-order valence-corrected chi connectivity index (χ0v) is 18.3. The van der Waals surface area contributed by atoms with Crippen LogP contribution in [0.1, 0.15) is 43.5 Å². The summed E-state index contributed by atoms with van der Waals surface area (Å²) in [5, 5.41) is 2.83. The second-order valence-corrected chi connectivity index (χ2v) is 8.89. The van der Waals surface area contributed by atoms with Crippen molar-refractivity contribution in [1.29, 1.82) is 0 Å². The Morgan fingerprint density at radius 1 is 1.10 bits per heavy atom. The van der Waals surface area contributed by atoms with Gasteiger partial charge in [-0.2, -0.15) is 0 Å². The van der Waals surface area contributed by atoms with E-state index in [9.17, 15) is 13.2 Å². The molecule has 2 aromatic carbocycles. The Hall–Kier alpha value is -2.58. The minimum absolute atomic E-state index is 0.142. The fourth-order valence-electron chi connectivity index (χ4n) is 3.45. The van der Waals surface area contributed by atoms with Gasteiger partial charge >= 0.3 is 0 Å². The van der Waals surface area contributed by atoms with Crippen LogP contribution in [0.2, 0.25) is 0 Å². The number of amides is 1. The van der Waals surface area contributed by atoms with Crippen molar-refractivity contribution in [3.05, 3.63) is 48.0 Å². The molecular weight excluding hydrogens is 402 g/mol. The van der Waals surface area contributed by atoms with Crippen LogP contribution in [0.3, 0.4) is 0 Å². The molecule has 1 heterocycles. The molecule has 1 aliphatic rings. The largest absolute Gasteiger partial charge is 0.492 e. The molecule has 0 radical (unpaired) electrons. The second kappa shape index (κ2) is 9.95. The standard InChI is InChI=1S/C22H29N3O4S/c1-3-13-23-30(27,28)21-16-17(11-12-19(21)25-14-7-8-15-25)22(26)24-18-9-5-6-10-20(18)29-4-2/h5-6,9-12,16,23H,3-4,7-8,13-15H2,1-2H3,(H,24,26). The van der Waals surface area contributed by atoms with Crippen LogP contribution in [0.4, 0.5) is 11.4 Å². The molecular formula is C22H29N3O4S. The molecule has 0 aromatic heterocycles. The number of nitrogens with one attached hydrogen (secondary N) is 2. The van der Waals surface area contributed by atoms with Gasteiger partial charge in [-0.05, 0) is 56.5 Å². The van der Waals surface area contributed by atoms with Gasteiger partial charge in [-0.25, -0.2) is 13.1 Å². The smallest absolute Gasteiger partial charge is 0.255 e. The third-order valence-electron chi connectivity index (χ3n) is 4.94. The van der Waals surface area contributed by atoms with Gasteiger partial charge in [0, 0.05) is 25.2 Å².